The molecule has 0 rings (SSSR count). The van der Waals surface area contributed by atoms with Gasteiger partial charge in [-0.1, -0.05) is 0 Å². The molecule has 0 nitrogen and oxygen atoms in total. The van der Waals surface area contributed by atoms with Crippen LogP contribution in [0.25, 0.3) is 0 Å². The van der Waals surface area contributed by atoms with Crippen molar-refractivity contribution in [2.75, 3.05) is 0 Å². The molecular formula is H8BCaMgSi. The van der Waals surface area contributed by atoms with Crippen LogP contribution in [0.4, 0.5) is 0 Å². The van der Waals surface area contributed by atoms with Gasteiger partial charge in [-0.15, -0.1) is 0 Å². The molecule has 0 aliphatic carbocycles. The van der Waals surface area contributed by atoms with Crippen molar-refractivity contribution >= 4 is 80.2 Å². The van der Waals surface area contributed by atoms with E-state index in [-0.39, 0.29) is 85.9 Å². The van der Waals surface area contributed by atoms with Crippen LogP contribution in [0.1, 0.15) is 5.71 Å². The van der Waals surface area contributed by atoms with Crippen LogP contribution in [-0.4, -0.2) is 80.2 Å². The summed E-state index contributed by atoms with van der Waals surface area (Å²) in [6.45, 7) is 0. The average molecular weight is 111 g/mol. The van der Waals surface area contributed by atoms with Gasteiger partial charge in [0.05, 0.1) is 0 Å². The first-order valence-electron chi connectivity index (χ1n) is 0. The van der Waals surface area contributed by atoms with Gasteiger partial charge in [-0.2, -0.15) is 0 Å². The van der Waals surface area contributed by atoms with Crippen LogP contribution in [-0.2, 0) is 0 Å². The quantitative estimate of drug-likeness (QED) is 0.313. The number of hydrogen-bond donors (Lipinski definition) is 0. The second-order valence-corrected chi connectivity index (χ2v) is 0. The maximum Gasteiger partial charge on any atom is 2.00 e. The minimum Gasteiger partial charge on any atom is -1.00 e. The Balaban J connectivity index is 0. The molecule has 0 spiro atoms. The molecule has 0 saturated carbocycles. The van der Waals surface area contributed by atoms with Crippen molar-refractivity contribution in [3.8, 4) is 0 Å². The molecule has 0 amide bonds. The molecule has 0 N–H and O–H groups in total. The van der Waals surface area contributed by atoms with Crippen molar-refractivity contribution in [3.05, 3.63) is 0 Å². The standard InChI is InChI=1S/B.Ca.Mg.H4Si.4H/h;;;1H4;;;;/q;2*+2;;4*-1. The van der Waals surface area contributed by atoms with Crippen LogP contribution < -0.4 is 0 Å². The summed E-state index contributed by atoms with van der Waals surface area (Å²) < 4.78 is 0. The summed E-state index contributed by atoms with van der Waals surface area (Å²) in [4.78, 5) is 0. The monoisotopic (exact) mass is 111 g/mol. The Bertz CT molecular complexity index is 16.0. The predicted octanol–water partition coefficient (Wildman–Crippen LogP) is -2.14. The Hall–Kier alpha value is 2.31. The fraction of sp³-hybridized carbons (Fsp3) is 0. The van der Waals surface area contributed by atoms with E-state index in [2.05, 4.69) is 0 Å². The molecule has 0 fully saturated rings. The summed E-state index contributed by atoms with van der Waals surface area (Å²) in [6, 6.07) is 0. The molecule has 0 aliphatic rings. The van der Waals surface area contributed by atoms with Crippen LogP contribution in [0.15, 0.2) is 0 Å². The van der Waals surface area contributed by atoms with Gasteiger partial charge in [0.1, 0.15) is 0 Å². The van der Waals surface area contributed by atoms with Crippen molar-refractivity contribution < 1.29 is 5.71 Å². The van der Waals surface area contributed by atoms with E-state index in [4.69, 9.17) is 0 Å². The molecule has 0 saturated heterocycles. The molecule has 0 aromatic carbocycles. The van der Waals surface area contributed by atoms with E-state index < -0.39 is 0 Å². The summed E-state index contributed by atoms with van der Waals surface area (Å²) in [7, 11) is 0. The van der Waals surface area contributed by atoms with Gasteiger partial charge in [0.25, 0.3) is 0 Å². The molecule has 19 valence electrons. The summed E-state index contributed by atoms with van der Waals surface area (Å²) in [5.41, 5.74) is 0. The van der Waals surface area contributed by atoms with Gasteiger partial charge in [0.15, 0.2) is 0 Å². The average Bonchev–Trinajstić information content (AvgIpc) is 0. The first kappa shape index (κ1) is 33.4. The Labute approximate surface area is 84.8 Å². The van der Waals surface area contributed by atoms with Gasteiger partial charge in [-0.25, -0.2) is 0 Å². The van der Waals surface area contributed by atoms with Crippen LogP contribution in [0.3, 0.4) is 0 Å². The Kier molecular flexibility index (Phi) is 154. The maximum absolute atomic E-state index is 0. The van der Waals surface area contributed by atoms with Crippen LogP contribution >= 0.6 is 0 Å². The smallest absolute Gasteiger partial charge is 1.00 e. The molecule has 0 aromatic heterocycles. The molecule has 4 heavy (non-hydrogen) atoms. The number of rotatable bonds is 0. The summed E-state index contributed by atoms with van der Waals surface area (Å²) in [5.74, 6) is 0. The Morgan fingerprint density at radius 2 is 1.25 bits per heavy atom. The van der Waals surface area contributed by atoms with Gasteiger partial charge in [-0.3, -0.25) is 0 Å². The van der Waals surface area contributed by atoms with E-state index in [0.29, 0.717) is 0 Å². The van der Waals surface area contributed by atoms with Gasteiger partial charge in [0, 0.05) is 8.41 Å². The third-order valence-electron chi connectivity index (χ3n) is 0. The van der Waals surface area contributed by atoms with E-state index in [1.54, 1.807) is 0 Å². The third kappa shape index (κ3) is 8.85. The first-order valence-corrected chi connectivity index (χ1v) is 0. The van der Waals surface area contributed by atoms with Crippen LogP contribution in [0.5, 0.6) is 0 Å². The third-order valence-corrected chi connectivity index (χ3v) is 0. The minimum absolute atomic E-state index is 0. The fourth-order valence-corrected chi connectivity index (χ4v) is 0. The second-order valence-electron chi connectivity index (χ2n) is 0. The van der Waals surface area contributed by atoms with Crippen molar-refractivity contribution in [2.24, 2.45) is 0 Å². The largest absolute Gasteiger partial charge is 2.00 e. The fourth-order valence-electron chi connectivity index (χ4n) is 0. The van der Waals surface area contributed by atoms with Crippen molar-refractivity contribution in [3.63, 3.8) is 0 Å². The predicted molar refractivity (Wildman–Crippen MR) is 33.0 cm³/mol. The van der Waals surface area contributed by atoms with E-state index in [0.717, 1.165) is 0 Å². The molecule has 0 heterocycles. The normalized spacial score (nSPS) is 0. The minimum atomic E-state index is 0. The van der Waals surface area contributed by atoms with Gasteiger partial charge in [-0.05, 0) is 11.0 Å². The van der Waals surface area contributed by atoms with E-state index >= 15 is 0 Å². The van der Waals surface area contributed by atoms with Gasteiger partial charge >= 0.3 is 60.8 Å². The van der Waals surface area contributed by atoms with Crippen molar-refractivity contribution in [1.82, 2.24) is 0 Å². The van der Waals surface area contributed by atoms with Crippen LogP contribution in [0, 0.1) is 0 Å². The van der Waals surface area contributed by atoms with Gasteiger partial charge < -0.3 is 5.71 Å². The topological polar surface area (TPSA) is 0 Å². The van der Waals surface area contributed by atoms with Crippen LogP contribution in [0.2, 0.25) is 0 Å². The maximum atomic E-state index is 0. The summed E-state index contributed by atoms with van der Waals surface area (Å²) >= 11 is 0. The Morgan fingerprint density at radius 1 is 1.25 bits per heavy atom. The zero-order valence-electron chi connectivity index (χ0n) is 5.99. The van der Waals surface area contributed by atoms with Gasteiger partial charge in [0.2, 0.25) is 0 Å². The number of hydrogen-bond acceptors (Lipinski definition) is 0. The molecule has 0 aromatic rings. The summed E-state index contributed by atoms with van der Waals surface area (Å²) in [6.07, 6.45) is 0. The SMILES string of the molecule is [B].[Ca+2].[H-].[H-].[H-].[H-].[Mg+2].[SiH4]. The Morgan fingerprint density at radius 3 is 1.25 bits per heavy atom. The van der Waals surface area contributed by atoms with E-state index in [9.17, 15) is 0 Å². The summed E-state index contributed by atoms with van der Waals surface area (Å²) in [5, 5.41) is 0. The van der Waals surface area contributed by atoms with E-state index in [1.165, 1.54) is 0 Å². The molecule has 0 aliphatic heterocycles. The second kappa shape index (κ2) is 18.5. The molecule has 3 radical (unpaired) electrons. The van der Waals surface area contributed by atoms with E-state index in [1.807, 2.05) is 0 Å². The molecule has 0 atom stereocenters. The zero-order chi connectivity index (χ0) is 0. The molecule has 4 heteroatoms. The molecular weight excluding hydrogens is 103 g/mol. The zero-order valence-corrected chi connectivity index (χ0v) is 5.61. The van der Waals surface area contributed by atoms with Crippen molar-refractivity contribution in [2.45, 2.75) is 0 Å². The molecule has 0 unspecified atom stereocenters. The van der Waals surface area contributed by atoms with Crippen molar-refractivity contribution in [1.29, 1.82) is 0 Å². The first-order chi connectivity index (χ1) is 0. The molecule has 0 bridgehead atoms.